The Bertz CT molecular complexity index is 4470. The van der Waals surface area contributed by atoms with E-state index in [2.05, 4.69) is 266 Å². The van der Waals surface area contributed by atoms with Crippen molar-refractivity contribution < 1.29 is 0 Å². The second-order valence-corrected chi connectivity index (χ2v) is 21.2. The maximum atomic E-state index is 2.51. The van der Waals surface area contributed by atoms with Crippen molar-refractivity contribution in [3.8, 4) is 67.0 Å². The van der Waals surface area contributed by atoms with Gasteiger partial charge < -0.3 is 9.13 Å². The molecule has 0 N–H and O–H groups in total. The van der Waals surface area contributed by atoms with E-state index in [9.17, 15) is 0 Å². The van der Waals surface area contributed by atoms with Gasteiger partial charge in [0.2, 0.25) is 0 Å². The summed E-state index contributed by atoms with van der Waals surface area (Å²) in [7, 11) is 0. The number of thiophene rings is 1. The first kappa shape index (κ1) is 41.1. The molecule has 0 fully saturated rings. The average molecular weight is 935 g/mol. The van der Waals surface area contributed by atoms with Gasteiger partial charge in [0.1, 0.15) is 0 Å². The van der Waals surface area contributed by atoms with Crippen LogP contribution < -0.4 is 0 Å². The minimum Gasteiger partial charge on any atom is -0.309 e. The maximum Gasteiger partial charge on any atom is 0.0544 e. The van der Waals surface area contributed by atoms with E-state index < -0.39 is 0 Å². The number of benzene rings is 11. The molecule has 0 saturated carbocycles. The lowest BCUT2D eigenvalue weighted by Gasteiger charge is -2.21. The highest BCUT2D eigenvalue weighted by molar-refractivity contribution is 7.25. The van der Waals surface area contributed by atoms with Crippen molar-refractivity contribution in [2.45, 2.75) is 19.3 Å². The van der Waals surface area contributed by atoms with E-state index in [-0.39, 0.29) is 5.41 Å². The van der Waals surface area contributed by atoms with Crippen LogP contribution in [0.1, 0.15) is 25.0 Å². The van der Waals surface area contributed by atoms with Crippen molar-refractivity contribution in [2.75, 3.05) is 0 Å². The molecule has 3 heterocycles. The molecule has 0 radical (unpaired) electrons. The summed E-state index contributed by atoms with van der Waals surface area (Å²) in [5.41, 5.74) is 22.0. The fraction of sp³-hybridized carbons (Fsp3) is 0.0435. The summed E-state index contributed by atoms with van der Waals surface area (Å²) in [4.78, 5) is 0. The normalized spacial score (nSPS) is 13.0. The molecular weight excluding hydrogens is 889 g/mol. The number of rotatable bonds is 6. The van der Waals surface area contributed by atoms with Gasteiger partial charge in [-0.1, -0.05) is 159 Å². The molecule has 11 aromatic carbocycles. The van der Waals surface area contributed by atoms with Crippen molar-refractivity contribution in [3.05, 3.63) is 254 Å². The minimum atomic E-state index is -0.141. The molecule has 0 unspecified atom stereocenters. The molecule has 0 saturated heterocycles. The first-order valence-electron chi connectivity index (χ1n) is 25.0. The summed E-state index contributed by atoms with van der Waals surface area (Å²) in [6.45, 7) is 4.77. The third-order valence-corrected chi connectivity index (χ3v) is 16.8. The quantitative estimate of drug-likeness (QED) is 0.157. The Labute approximate surface area is 421 Å². The predicted octanol–water partition coefficient (Wildman–Crippen LogP) is 19.2. The molecule has 3 aromatic heterocycles. The molecule has 0 bridgehead atoms. The van der Waals surface area contributed by atoms with Gasteiger partial charge in [0.15, 0.2) is 0 Å². The number of hydrogen-bond acceptors (Lipinski definition) is 1. The predicted molar refractivity (Wildman–Crippen MR) is 307 cm³/mol. The van der Waals surface area contributed by atoms with Crippen LogP contribution in [0.3, 0.4) is 0 Å². The summed E-state index contributed by atoms with van der Waals surface area (Å²) < 4.78 is 7.61. The third-order valence-electron chi connectivity index (χ3n) is 15.7. The van der Waals surface area contributed by atoms with Crippen LogP contribution in [0.15, 0.2) is 243 Å². The van der Waals surface area contributed by atoms with Crippen molar-refractivity contribution in [2.24, 2.45) is 0 Å². The highest BCUT2D eigenvalue weighted by atomic mass is 32.1. The molecule has 338 valence electrons. The van der Waals surface area contributed by atoms with E-state index in [0.29, 0.717) is 0 Å². The van der Waals surface area contributed by atoms with Crippen LogP contribution in [-0.2, 0) is 5.41 Å². The second-order valence-electron chi connectivity index (χ2n) is 20.1. The third kappa shape index (κ3) is 6.21. The lowest BCUT2D eigenvalue weighted by atomic mass is 9.82. The van der Waals surface area contributed by atoms with E-state index in [1.54, 1.807) is 0 Å². The molecule has 14 aromatic rings. The van der Waals surface area contributed by atoms with E-state index in [0.717, 1.165) is 5.69 Å². The number of hydrogen-bond donors (Lipinski definition) is 0. The number of aromatic nitrogens is 2. The lowest BCUT2D eigenvalue weighted by Crippen LogP contribution is -2.14. The van der Waals surface area contributed by atoms with E-state index >= 15 is 0 Å². The summed E-state index contributed by atoms with van der Waals surface area (Å²) in [6.07, 6.45) is 0. The molecule has 1 aliphatic rings. The molecule has 0 amide bonds. The van der Waals surface area contributed by atoms with Gasteiger partial charge in [-0.15, -0.1) is 11.3 Å². The summed E-state index contributed by atoms with van der Waals surface area (Å²) in [6, 6.07) is 90.5. The Morgan fingerprint density at radius 1 is 0.278 bits per heavy atom. The molecule has 0 spiro atoms. The van der Waals surface area contributed by atoms with E-state index in [1.165, 1.54) is 136 Å². The topological polar surface area (TPSA) is 9.86 Å². The Hall–Kier alpha value is -8.76. The largest absolute Gasteiger partial charge is 0.309 e. The number of nitrogens with zero attached hydrogens (tertiary/aromatic N) is 2. The number of para-hydroxylation sites is 1. The molecular formula is C69H46N2S. The minimum absolute atomic E-state index is 0.141. The van der Waals surface area contributed by atoms with Gasteiger partial charge in [-0.3, -0.25) is 0 Å². The fourth-order valence-electron chi connectivity index (χ4n) is 12.2. The molecule has 3 heteroatoms. The zero-order valence-corrected chi connectivity index (χ0v) is 40.7. The van der Waals surface area contributed by atoms with Crippen molar-refractivity contribution >= 4 is 75.1 Å². The monoisotopic (exact) mass is 934 g/mol. The Morgan fingerprint density at radius 2 is 0.806 bits per heavy atom. The molecule has 2 nitrogen and oxygen atoms in total. The van der Waals surface area contributed by atoms with Crippen LogP contribution in [-0.4, -0.2) is 9.13 Å². The highest BCUT2D eigenvalue weighted by Crippen LogP contribution is 2.51. The SMILES string of the molecule is CC1(C)c2ccccc2-c2cc3c4cc(-c5ccc6c(c5)c5ccccc5n6-c5ccc6sc7ccccc7c6c5)ccc4n(-c4cccc(-c5cc(-c6ccccc6)cc(-c6ccccc6)c5)c4)c3cc21. The standard InChI is InChI=1S/C69H46N2S/c1-69(2)61-25-12-9-22-53(61)56-41-59-58-39-47(46-28-31-64-57(38-46)54-23-10-13-26-63(54)70(64)52-30-33-68-60(40-52)55-24-11-14-27-67(55)72-68)29-32-65(58)71(66(59)42-62(56)69)51-21-15-20-45(37-51)50-35-48(43-16-5-3-6-17-43)34-49(36-50)44-18-7-4-8-19-44/h3-42H,1-2H3. The van der Waals surface area contributed by atoms with Crippen LogP contribution in [0.25, 0.3) is 131 Å². The van der Waals surface area contributed by atoms with E-state index in [4.69, 9.17) is 0 Å². The van der Waals surface area contributed by atoms with Crippen molar-refractivity contribution in [3.63, 3.8) is 0 Å². The van der Waals surface area contributed by atoms with Gasteiger partial charge in [0, 0.05) is 58.5 Å². The smallest absolute Gasteiger partial charge is 0.0544 e. The van der Waals surface area contributed by atoms with Crippen LogP contribution >= 0.6 is 11.3 Å². The van der Waals surface area contributed by atoms with E-state index in [1.807, 2.05) is 11.3 Å². The fourth-order valence-corrected chi connectivity index (χ4v) is 13.3. The van der Waals surface area contributed by atoms with Crippen LogP contribution in [0, 0.1) is 0 Å². The first-order chi connectivity index (χ1) is 35.4. The highest BCUT2D eigenvalue weighted by Gasteiger charge is 2.36. The van der Waals surface area contributed by atoms with Crippen LogP contribution in [0.2, 0.25) is 0 Å². The van der Waals surface area contributed by atoms with Crippen LogP contribution in [0.5, 0.6) is 0 Å². The molecule has 15 rings (SSSR count). The lowest BCUT2D eigenvalue weighted by molar-refractivity contribution is 0.661. The van der Waals surface area contributed by atoms with Crippen molar-refractivity contribution in [1.29, 1.82) is 0 Å². The summed E-state index contributed by atoms with van der Waals surface area (Å²) >= 11 is 1.87. The summed E-state index contributed by atoms with van der Waals surface area (Å²) in [5.74, 6) is 0. The van der Waals surface area contributed by atoms with Crippen molar-refractivity contribution in [1.82, 2.24) is 9.13 Å². The molecule has 72 heavy (non-hydrogen) atoms. The Balaban J connectivity index is 0.917. The average Bonchev–Trinajstić information content (AvgIpc) is 4.15. The molecule has 0 aliphatic heterocycles. The van der Waals surface area contributed by atoms with Gasteiger partial charge >= 0.3 is 0 Å². The van der Waals surface area contributed by atoms with Gasteiger partial charge in [0.25, 0.3) is 0 Å². The van der Waals surface area contributed by atoms with Gasteiger partial charge in [-0.2, -0.15) is 0 Å². The second kappa shape index (κ2) is 15.6. The van der Waals surface area contributed by atoms with Gasteiger partial charge in [0.05, 0.1) is 22.1 Å². The summed E-state index contributed by atoms with van der Waals surface area (Å²) in [5, 5.41) is 7.63. The van der Waals surface area contributed by atoms with Gasteiger partial charge in [-0.25, -0.2) is 0 Å². The number of fused-ring (bicyclic) bond motifs is 12. The van der Waals surface area contributed by atoms with Crippen LogP contribution in [0.4, 0.5) is 0 Å². The zero-order chi connectivity index (χ0) is 47.7. The zero-order valence-electron chi connectivity index (χ0n) is 39.9. The molecule has 1 aliphatic carbocycles. The Morgan fingerprint density at radius 3 is 1.54 bits per heavy atom. The van der Waals surface area contributed by atoms with Gasteiger partial charge in [-0.05, 0) is 164 Å². The maximum absolute atomic E-state index is 2.51. The first-order valence-corrected chi connectivity index (χ1v) is 25.8. The molecule has 0 atom stereocenters. The Kier molecular flexibility index (Phi) is 8.91.